The molecular weight excluding hydrogens is 320 g/mol. The van der Waals surface area contributed by atoms with Crippen molar-refractivity contribution in [3.8, 4) is 0 Å². The van der Waals surface area contributed by atoms with Gasteiger partial charge in [-0.15, -0.1) is 0 Å². The standard InChI is InChI=1S/C19H26N2O4/c1-15-5-2-3-6-16(15)11-19(14-22)7-4-8-21(13-19)17(23)12-20-9-10-25-18(20)24/h2-3,5-6,22H,4,7-14H2,1H3/t19-/m1/s1. The van der Waals surface area contributed by atoms with Gasteiger partial charge in [-0.25, -0.2) is 4.79 Å². The molecule has 0 aliphatic carbocycles. The van der Waals surface area contributed by atoms with Crippen molar-refractivity contribution < 1.29 is 19.4 Å². The lowest BCUT2D eigenvalue weighted by Gasteiger charge is -2.42. The molecule has 0 spiro atoms. The van der Waals surface area contributed by atoms with Crippen molar-refractivity contribution in [1.82, 2.24) is 9.80 Å². The monoisotopic (exact) mass is 346 g/mol. The van der Waals surface area contributed by atoms with Gasteiger partial charge in [-0.05, 0) is 37.3 Å². The lowest BCUT2D eigenvalue weighted by molar-refractivity contribution is -0.136. The van der Waals surface area contributed by atoms with E-state index in [-0.39, 0.29) is 24.5 Å². The highest BCUT2D eigenvalue weighted by Crippen LogP contribution is 2.34. The van der Waals surface area contributed by atoms with Crippen LogP contribution in [-0.4, -0.2) is 66.3 Å². The van der Waals surface area contributed by atoms with Gasteiger partial charge < -0.3 is 14.7 Å². The molecule has 1 aromatic rings. The van der Waals surface area contributed by atoms with Crippen LogP contribution in [0.1, 0.15) is 24.0 Å². The number of carbonyl (C=O) groups is 2. The number of piperidine rings is 1. The molecule has 6 heteroatoms. The van der Waals surface area contributed by atoms with E-state index in [1.807, 2.05) is 12.1 Å². The van der Waals surface area contributed by atoms with Crippen LogP contribution in [0.4, 0.5) is 4.79 Å². The molecule has 1 atom stereocenters. The molecule has 0 radical (unpaired) electrons. The van der Waals surface area contributed by atoms with Crippen LogP contribution in [-0.2, 0) is 16.0 Å². The Morgan fingerprint density at radius 3 is 2.80 bits per heavy atom. The predicted octanol–water partition coefficient (Wildman–Crippen LogP) is 1.59. The number of cyclic esters (lactones) is 1. The fraction of sp³-hybridized carbons (Fsp3) is 0.579. The topological polar surface area (TPSA) is 70.1 Å². The normalized spacial score (nSPS) is 23.7. The maximum absolute atomic E-state index is 12.6. The third kappa shape index (κ3) is 3.95. The molecule has 6 nitrogen and oxygen atoms in total. The molecule has 25 heavy (non-hydrogen) atoms. The first kappa shape index (κ1) is 17.7. The van der Waals surface area contributed by atoms with Gasteiger partial charge in [0.2, 0.25) is 5.91 Å². The van der Waals surface area contributed by atoms with Gasteiger partial charge in [-0.1, -0.05) is 24.3 Å². The van der Waals surface area contributed by atoms with Gasteiger partial charge in [0.15, 0.2) is 0 Å². The first-order valence-corrected chi connectivity index (χ1v) is 8.88. The highest BCUT2D eigenvalue weighted by atomic mass is 16.6. The van der Waals surface area contributed by atoms with Crippen LogP contribution < -0.4 is 0 Å². The van der Waals surface area contributed by atoms with Gasteiger partial charge >= 0.3 is 6.09 Å². The quantitative estimate of drug-likeness (QED) is 0.879. The number of amides is 2. The maximum atomic E-state index is 12.6. The molecule has 2 fully saturated rings. The summed E-state index contributed by atoms with van der Waals surface area (Å²) >= 11 is 0. The summed E-state index contributed by atoms with van der Waals surface area (Å²) < 4.78 is 4.88. The Kier molecular flexibility index (Phi) is 5.27. The molecule has 2 saturated heterocycles. The number of rotatable bonds is 5. The third-order valence-electron chi connectivity index (χ3n) is 5.35. The number of carbonyl (C=O) groups excluding carboxylic acids is 2. The number of aryl methyl sites for hydroxylation is 1. The lowest BCUT2D eigenvalue weighted by atomic mass is 9.75. The molecule has 0 unspecified atom stereocenters. The largest absolute Gasteiger partial charge is 0.448 e. The van der Waals surface area contributed by atoms with E-state index in [1.54, 1.807) is 4.90 Å². The van der Waals surface area contributed by atoms with E-state index in [1.165, 1.54) is 16.0 Å². The maximum Gasteiger partial charge on any atom is 0.410 e. The zero-order valence-corrected chi connectivity index (χ0v) is 14.7. The van der Waals surface area contributed by atoms with E-state index in [2.05, 4.69) is 19.1 Å². The Bertz CT molecular complexity index is 648. The van der Waals surface area contributed by atoms with Crippen LogP contribution in [0.15, 0.2) is 24.3 Å². The zero-order valence-electron chi connectivity index (χ0n) is 14.7. The van der Waals surface area contributed by atoms with E-state index in [0.717, 1.165) is 19.3 Å². The highest BCUT2D eigenvalue weighted by molar-refractivity contribution is 5.83. The summed E-state index contributed by atoms with van der Waals surface area (Å²) in [5, 5.41) is 10.1. The zero-order chi connectivity index (χ0) is 17.9. The van der Waals surface area contributed by atoms with E-state index < -0.39 is 6.09 Å². The van der Waals surface area contributed by atoms with Crippen molar-refractivity contribution in [2.75, 3.05) is 39.4 Å². The summed E-state index contributed by atoms with van der Waals surface area (Å²) in [7, 11) is 0. The van der Waals surface area contributed by atoms with Crippen LogP contribution in [0.3, 0.4) is 0 Å². The molecule has 0 saturated carbocycles. The SMILES string of the molecule is Cc1ccccc1C[C@]1(CO)CCCN(C(=O)CN2CCOC2=O)C1. The molecule has 1 aromatic carbocycles. The Hall–Kier alpha value is -2.08. The summed E-state index contributed by atoms with van der Waals surface area (Å²) in [6.07, 6.45) is 2.10. The second kappa shape index (κ2) is 7.44. The minimum atomic E-state index is -0.418. The Morgan fingerprint density at radius 1 is 1.32 bits per heavy atom. The number of hydrogen-bond donors (Lipinski definition) is 1. The van der Waals surface area contributed by atoms with Crippen LogP contribution in [0.5, 0.6) is 0 Å². The van der Waals surface area contributed by atoms with E-state index >= 15 is 0 Å². The first-order chi connectivity index (χ1) is 12.0. The molecule has 3 rings (SSSR count). The number of hydrogen-bond acceptors (Lipinski definition) is 4. The van der Waals surface area contributed by atoms with Crippen molar-refractivity contribution in [3.05, 3.63) is 35.4 Å². The van der Waals surface area contributed by atoms with E-state index in [0.29, 0.717) is 26.2 Å². The second-order valence-electron chi connectivity index (χ2n) is 7.22. The van der Waals surface area contributed by atoms with Crippen molar-refractivity contribution in [2.45, 2.75) is 26.2 Å². The number of ether oxygens (including phenoxy) is 1. The third-order valence-corrected chi connectivity index (χ3v) is 5.35. The number of aliphatic hydroxyl groups is 1. The Morgan fingerprint density at radius 2 is 2.12 bits per heavy atom. The summed E-state index contributed by atoms with van der Waals surface area (Å²) in [4.78, 5) is 27.4. The van der Waals surface area contributed by atoms with Gasteiger partial charge in [0.1, 0.15) is 13.2 Å². The smallest absolute Gasteiger partial charge is 0.410 e. The Balaban J connectivity index is 1.68. The number of aliphatic hydroxyl groups excluding tert-OH is 1. The minimum absolute atomic E-state index is 0.0525. The molecule has 0 aromatic heterocycles. The van der Waals surface area contributed by atoms with Gasteiger partial charge in [0.05, 0.1) is 13.2 Å². The molecule has 1 N–H and O–H groups in total. The second-order valence-corrected chi connectivity index (χ2v) is 7.22. The molecule has 136 valence electrons. The fourth-order valence-electron chi connectivity index (χ4n) is 3.80. The van der Waals surface area contributed by atoms with E-state index in [4.69, 9.17) is 4.74 Å². The number of likely N-dealkylation sites (tertiary alicyclic amines) is 1. The summed E-state index contributed by atoms with van der Waals surface area (Å²) in [6.45, 7) is 4.20. The Labute approximate surface area is 148 Å². The van der Waals surface area contributed by atoms with Gasteiger partial charge in [0, 0.05) is 18.5 Å². The van der Waals surface area contributed by atoms with Crippen LogP contribution in [0.25, 0.3) is 0 Å². The van der Waals surface area contributed by atoms with Gasteiger partial charge in [0.25, 0.3) is 0 Å². The molecule has 2 heterocycles. The average molecular weight is 346 g/mol. The molecule has 2 aliphatic heterocycles. The minimum Gasteiger partial charge on any atom is -0.448 e. The molecular formula is C19H26N2O4. The van der Waals surface area contributed by atoms with Crippen molar-refractivity contribution in [2.24, 2.45) is 5.41 Å². The summed E-state index contributed by atoms with van der Waals surface area (Å²) in [5.41, 5.74) is 2.11. The van der Waals surface area contributed by atoms with Crippen molar-refractivity contribution >= 4 is 12.0 Å². The lowest BCUT2D eigenvalue weighted by Crippen LogP contribution is -2.51. The van der Waals surface area contributed by atoms with Crippen LogP contribution >= 0.6 is 0 Å². The van der Waals surface area contributed by atoms with Crippen molar-refractivity contribution in [3.63, 3.8) is 0 Å². The van der Waals surface area contributed by atoms with Crippen LogP contribution in [0.2, 0.25) is 0 Å². The van der Waals surface area contributed by atoms with Gasteiger partial charge in [-0.3, -0.25) is 9.69 Å². The molecule has 2 aliphatic rings. The first-order valence-electron chi connectivity index (χ1n) is 8.88. The predicted molar refractivity (Wildman–Crippen MR) is 93.1 cm³/mol. The van der Waals surface area contributed by atoms with E-state index in [9.17, 15) is 14.7 Å². The van der Waals surface area contributed by atoms with Crippen molar-refractivity contribution in [1.29, 1.82) is 0 Å². The van der Waals surface area contributed by atoms with Crippen LogP contribution in [0, 0.1) is 12.3 Å². The number of nitrogens with zero attached hydrogens (tertiary/aromatic N) is 2. The average Bonchev–Trinajstić information content (AvgIpc) is 3.02. The summed E-state index contributed by atoms with van der Waals surface area (Å²) in [5.74, 6) is -0.0684. The molecule has 2 amide bonds. The summed E-state index contributed by atoms with van der Waals surface area (Å²) in [6, 6.07) is 8.19. The highest BCUT2D eigenvalue weighted by Gasteiger charge is 2.38. The van der Waals surface area contributed by atoms with Gasteiger partial charge in [-0.2, -0.15) is 0 Å². The molecule has 0 bridgehead atoms. The number of benzene rings is 1. The fourth-order valence-corrected chi connectivity index (χ4v) is 3.80.